The van der Waals surface area contributed by atoms with Gasteiger partial charge in [-0.1, -0.05) is 30.3 Å². The Bertz CT molecular complexity index is 969. The van der Waals surface area contributed by atoms with Gasteiger partial charge in [-0.05, 0) is 29.8 Å². The van der Waals surface area contributed by atoms with Crippen molar-refractivity contribution in [3.05, 3.63) is 78.3 Å². The maximum Gasteiger partial charge on any atom is 0.239 e. The van der Waals surface area contributed by atoms with E-state index in [1.54, 1.807) is 42.5 Å². The van der Waals surface area contributed by atoms with E-state index in [2.05, 4.69) is 0 Å². The number of ether oxygens (including phenoxy) is 2. The summed E-state index contributed by atoms with van der Waals surface area (Å²) in [5.41, 5.74) is 1.18. The predicted molar refractivity (Wildman–Crippen MR) is 104 cm³/mol. The van der Waals surface area contributed by atoms with Crippen LogP contribution in [0.15, 0.2) is 71.3 Å². The van der Waals surface area contributed by atoms with E-state index in [0.717, 1.165) is 0 Å². The van der Waals surface area contributed by atoms with E-state index in [9.17, 15) is 8.42 Å². The maximum absolute atomic E-state index is 13.2. The molecule has 0 saturated heterocycles. The standard InChI is InChI=1S/C20H21NO5S/c1-24-19-11-10-17(13-20(19)25-2)21(14-18-9-6-12-26-18)27(22,23)15-16-7-4-3-5-8-16/h3-13H,14-15H2,1-2H3. The molecule has 1 aromatic heterocycles. The van der Waals surface area contributed by atoms with E-state index < -0.39 is 10.0 Å². The molecule has 6 nitrogen and oxygen atoms in total. The number of methoxy groups -OCH3 is 2. The minimum atomic E-state index is -3.67. The van der Waals surface area contributed by atoms with E-state index in [1.807, 2.05) is 18.2 Å². The van der Waals surface area contributed by atoms with Gasteiger partial charge in [0.1, 0.15) is 5.76 Å². The smallest absolute Gasteiger partial charge is 0.239 e. The Hall–Kier alpha value is -2.93. The zero-order valence-corrected chi connectivity index (χ0v) is 16.0. The van der Waals surface area contributed by atoms with Gasteiger partial charge in [-0.15, -0.1) is 0 Å². The molecule has 7 heteroatoms. The minimum absolute atomic E-state index is 0.0810. The summed E-state index contributed by atoms with van der Waals surface area (Å²) in [6.07, 6.45) is 1.52. The average Bonchev–Trinajstić information content (AvgIpc) is 3.19. The van der Waals surface area contributed by atoms with Crippen LogP contribution in [0.3, 0.4) is 0 Å². The Balaban J connectivity index is 2.00. The van der Waals surface area contributed by atoms with E-state index in [-0.39, 0.29) is 12.3 Å². The highest BCUT2D eigenvalue weighted by Gasteiger charge is 2.25. The summed E-state index contributed by atoms with van der Waals surface area (Å²) < 4.78 is 43.6. The predicted octanol–water partition coefficient (Wildman–Crippen LogP) is 3.83. The Morgan fingerprint density at radius 2 is 1.67 bits per heavy atom. The van der Waals surface area contributed by atoms with Crippen molar-refractivity contribution >= 4 is 15.7 Å². The number of rotatable bonds is 8. The van der Waals surface area contributed by atoms with Gasteiger partial charge in [-0.2, -0.15) is 0 Å². The molecule has 0 aliphatic rings. The highest BCUT2D eigenvalue weighted by molar-refractivity contribution is 7.92. The largest absolute Gasteiger partial charge is 0.493 e. The first-order chi connectivity index (χ1) is 13.0. The van der Waals surface area contributed by atoms with Crippen LogP contribution in [-0.4, -0.2) is 22.6 Å². The highest BCUT2D eigenvalue weighted by Crippen LogP contribution is 2.33. The molecule has 0 aliphatic heterocycles. The van der Waals surface area contributed by atoms with Gasteiger partial charge >= 0.3 is 0 Å². The van der Waals surface area contributed by atoms with Crippen molar-refractivity contribution in [1.29, 1.82) is 0 Å². The first-order valence-electron chi connectivity index (χ1n) is 8.32. The van der Waals surface area contributed by atoms with Gasteiger partial charge in [0.15, 0.2) is 11.5 Å². The number of nitrogens with zero attached hydrogens (tertiary/aromatic N) is 1. The van der Waals surface area contributed by atoms with Gasteiger partial charge in [0.2, 0.25) is 10.0 Å². The van der Waals surface area contributed by atoms with Crippen LogP contribution in [0.2, 0.25) is 0 Å². The van der Waals surface area contributed by atoms with Crippen LogP contribution in [0.4, 0.5) is 5.69 Å². The molecular weight excluding hydrogens is 366 g/mol. The SMILES string of the molecule is COc1ccc(N(Cc2ccco2)S(=O)(=O)Cc2ccccc2)cc1OC. The molecule has 0 atom stereocenters. The fraction of sp³-hybridized carbons (Fsp3) is 0.200. The molecule has 0 saturated carbocycles. The van der Waals surface area contributed by atoms with Gasteiger partial charge in [0.05, 0.1) is 38.5 Å². The van der Waals surface area contributed by atoms with Crippen LogP contribution in [-0.2, 0) is 22.3 Å². The molecule has 2 aromatic carbocycles. The zero-order chi connectivity index (χ0) is 19.3. The summed E-state index contributed by atoms with van der Waals surface area (Å²) >= 11 is 0. The number of furan rings is 1. The third kappa shape index (κ3) is 4.43. The fourth-order valence-electron chi connectivity index (χ4n) is 2.74. The Morgan fingerprint density at radius 3 is 2.30 bits per heavy atom. The van der Waals surface area contributed by atoms with Crippen LogP contribution in [0, 0.1) is 0 Å². The second kappa shape index (κ2) is 8.18. The molecule has 0 radical (unpaired) electrons. The summed E-state index contributed by atoms with van der Waals surface area (Å²) in [7, 11) is -0.629. The molecule has 0 N–H and O–H groups in total. The molecular formula is C20H21NO5S. The number of anilines is 1. The van der Waals surface area contributed by atoms with Crippen molar-refractivity contribution in [2.75, 3.05) is 18.5 Å². The van der Waals surface area contributed by atoms with Crippen molar-refractivity contribution in [1.82, 2.24) is 0 Å². The molecule has 1 heterocycles. The summed E-state index contributed by atoms with van der Waals surface area (Å²) in [6.45, 7) is 0.0810. The molecule has 3 rings (SSSR count). The molecule has 0 aliphatic carbocycles. The minimum Gasteiger partial charge on any atom is -0.493 e. The number of sulfonamides is 1. The van der Waals surface area contributed by atoms with Crippen molar-refractivity contribution < 1.29 is 22.3 Å². The molecule has 3 aromatic rings. The lowest BCUT2D eigenvalue weighted by Gasteiger charge is -2.24. The second-order valence-electron chi connectivity index (χ2n) is 5.87. The van der Waals surface area contributed by atoms with Crippen LogP contribution < -0.4 is 13.8 Å². The van der Waals surface area contributed by atoms with Gasteiger partial charge < -0.3 is 13.9 Å². The van der Waals surface area contributed by atoms with Crippen molar-refractivity contribution in [2.24, 2.45) is 0 Å². The summed E-state index contributed by atoms with van der Waals surface area (Å²) in [6, 6.07) is 17.5. The van der Waals surface area contributed by atoms with E-state index in [1.165, 1.54) is 24.8 Å². The van der Waals surface area contributed by atoms with Crippen LogP contribution >= 0.6 is 0 Å². The van der Waals surface area contributed by atoms with E-state index >= 15 is 0 Å². The molecule has 27 heavy (non-hydrogen) atoms. The quantitative estimate of drug-likeness (QED) is 0.587. The lowest BCUT2D eigenvalue weighted by molar-refractivity contribution is 0.355. The van der Waals surface area contributed by atoms with Crippen LogP contribution in [0.5, 0.6) is 11.5 Å². The molecule has 142 valence electrons. The lowest BCUT2D eigenvalue weighted by Crippen LogP contribution is -2.31. The Kier molecular flexibility index (Phi) is 5.71. The highest BCUT2D eigenvalue weighted by atomic mass is 32.2. The Labute approximate surface area is 159 Å². The maximum atomic E-state index is 13.2. The number of benzene rings is 2. The topological polar surface area (TPSA) is 69.0 Å². The van der Waals surface area contributed by atoms with Gasteiger partial charge in [0.25, 0.3) is 0 Å². The van der Waals surface area contributed by atoms with Crippen molar-refractivity contribution in [3.63, 3.8) is 0 Å². The first-order valence-corrected chi connectivity index (χ1v) is 9.93. The third-order valence-corrected chi connectivity index (χ3v) is 5.77. The second-order valence-corrected chi connectivity index (χ2v) is 7.76. The van der Waals surface area contributed by atoms with Gasteiger partial charge in [-0.25, -0.2) is 8.42 Å². The lowest BCUT2D eigenvalue weighted by atomic mass is 10.2. The summed E-state index contributed by atoms with van der Waals surface area (Å²) in [5, 5.41) is 0. The molecule has 0 fully saturated rings. The van der Waals surface area contributed by atoms with Crippen LogP contribution in [0.1, 0.15) is 11.3 Å². The fourth-order valence-corrected chi connectivity index (χ4v) is 4.27. The Morgan fingerprint density at radius 1 is 0.926 bits per heavy atom. The first kappa shape index (κ1) is 18.8. The van der Waals surface area contributed by atoms with E-state index in [0.29, 0.717) is 28.5 Å². The summed E-state index contributed by atoms with van der Waals surface area (Å²) in [5.74, 6) is 1.40. The molecule has 0 amide bonds. The molecule has 0 unspecified atom stereocenters. The normalized spacial score (nSPS) is 11.2. The summed E-state index contributed by atoms with van der Waals surface area (Å²) in [4.78, 5) is 0. The van der Waals surface area contributed by atoms with E-state index in [4.69, 9.17) is 13.9 Å². The average molecular weight is 387 g/mol. The van der Waals surface area contributed by atoms with Crippen LogP contribution in [0.25, 0.3) is 0 Å². The van der Waals surface area contributed by atoms with Gasteiger partial charge in [-0.3, -0.25) is 4.31 Å². The van der Waals surface area contributed by atoms with Crippen molar-refractivity contribution in [3.8, 4) is 11.5 Å². The number of hydrogen-bond acceptors (Lipinski definition) is 5. The van der Waals surface area contributed by atoms with Gasteiger partial charge in [0, 0.05) is 6.07 Å². The number of hydrogen-bond donors (Lipinski definition) is 0. The van der Waals surface area contributed by atoms with Crippen molar-refractivity contribution in [2.45, 2.75) is 12.3 Å². The third-order valence-electron chi connectivity index (χ3n) is 4.06. The molecule has 0 bridgehead atoms. The monoisotopic (exact) mass is 387 g/mol. The zero-order valence-electron chi connectivity index (χ0n) is 15.2. The molecule has 0 spiro atoms.